The Balaban J connectivity index is 2.30. The highest BCUT2D eigenvalue weighted by Crippen LogP contribution is 2.28. The Labute approximate surface area is 113 Å². The number of anilines is 1. The van der Waals surface area contributed by atoms with Crippen molar-refractivity contribution in [2.75, 3.05) is 11.9 Å². The van der Waals surface area contributed by atoms with Gasteiger partial charge in [0.25, 0.3) is 5.69 Å². The van der Waals surface area contributed by atoms with Crippen LogP contribution in [0.25, 0.3) is 0 Å². The van der Waals surface area contributed by atoms with E-state index in [2.05, 4.69) is 25.5 Å². The topological polar surface area (TPSA) is 110 Å². The van der Waals surface area contributed by atoms with Gasteiger partial charge in [0, 0.05) is 12.6 Å². The Hall–Kier alpha value is -2.16. The molecule has 0 radical (unpaired) electrons. The number of hydrogen-bond acceptors (Lipinski definition) is 7. The number of hydrogen-bond donors (Lipinski definition) is 2. The molecule has 0 aliphatic rings. The van der Waals surface area contributed by atoms with Crippen LogP contribution in [0, 0.1) is 17.0 Å². The van der Waals surface area contributed by atoms with Crippen LogP contribution >= 0.6 is 11.8 Å². The van der Waals surface area contributed by atoms with E-state index in [0.717, 1.165) is 0 Å². The van der Waals surface area contributed by atoms with Gasteiger partial charge in [0.15, 0.2) is 0 Å². The third kappa shape index (κ3) is 3.41. The van der Waals surface area contributed by atoms with Crippen LogP contribution in [0.5, 0.6) is 0 Å². The molecule has 0 aliphatic heterocycles. The molecule has 0 saturated heterocycles. The molecule has 19 heavy (non-hydrogen) atoms. The smallest absolute Gasteiger partial charge is 0.275 e. The van der Waals surface area contributed by atoms with Gasteiger partial charge in [0.1, 0.15) is 16.7 Å². The molecular weight excluding hydrogens is 268 g/mol. The van der Waals surface area contributed by atoms with Crippen molar-refractivity contribution in [2.24, 2.45) is 0 Å². The summed E-state index contributed by atoms with van der Waals surface area (Å²) in [4.78, 5) is 18.8. The van der Waals surface area contributed by atoms with E-state index in [9.17, 15) is 10.1 Å². The van der Waals surface area contributed by atoms with E-state index in [-0.39, 0.29) is 5.69 Å². The van der Waals surface area contributed by atoms with Gasteiger partial charge < -0.3 is 5.32 Å². The van der Waals surface area contributed by atoms with Crippen molar-refractivity contribution < 1.29 is 4.92 Å². The summed E-state index contributed by atoms with van der Waals surface area (Å²) in [5.41, 5.74) is -0.0132. The SMILES string of the molecule is CCNc1cc([N+](=O)[O-])cc(Sc2n[nH]c(C)n2)n1. The quantitative estimate of drug-likeness (QED) is 0.636. The van der Waals surface area contributed by atoms with Crippen LogP contribution in [0.1, 0.15) is 12.7 Å². The summed E-state index contributed by atoms with van der Waals surface area (Å²) >= 11 is 1.17. The van der Waals surface area contributed by atoms with E-state index < -0.39 is 4.92 Å². The second-order valence-corrected chi connectivity index (χ2v) is 4.63. The Morgan fingerprint density at radius 2 is 2.26 bits per heavy atom. The second kappa shape index (κ2) is 5.65. The molecule has 0 bridgehead atoms. The average Bonchev–Trinajstić information content (AvgIpc) is 2.75. The van der Waals surface area contributed by atoms with Crippen LogP contribution in [0.15, 0.2) is 22.3 Å². The van der Waals surface area contributed by atoms with Gasteiger partial charge in [0.2, 0.25) is 5.16 Å². The van der Waals surface area contributed by atoms with Gasteiger partial charge in [-0.25, -0.2) is 9.97 Å². The van der Waals surface area contributed by atoms with E-state index in [0.29, 0.717) is 28.4 Å². The number of nitrogens with one attached hydrogen (secondary N) is 2. The van der Waals surface area contributed by atoms with Gasteiger partial charge in [-0.15, -0.1) is 5.10 Å². The first kappa shape index (κ1) is 13.3. The fourth-order valence-corrected chi connectivity index (χ4v) is 2.17. The normalized spacial score (nSPS) is 10.4. The molecule has 0 fully saturated rings. The fourth-order valence-electron chi connectivity index (χ4n) is 1.38. The van der Waals surface area contributed by atoms with Crippen molar-refractivity contribution in [1.29, 1.82) is 0 Å². The summed E-state index contributed by atoms with van der Waals surface area (Å²) in [7, 11) is 0. The molecule has 2 heterocycles. The van der Waals surface area contributed by atoms with E-state index in [1.54, 1.807) is 6.92 Å². The number of aromatic nitrogens is 4. The minimum absolute atomic E-state index is 0.0132. The fraction of sp³-hybridized carbons (Fsp3) is 0.300. The van der Waals surface area contributed by atoms with Gasteiger partial charge >= 0.3 is 0 Å². The Kier molecular flexibility index (Phi) is 3.95. The maximum atomic E-state index is 10.9. The van der Waals surface area contributed by atoms with Crippen LogP contribution in [-0.2, 0) is 0 Å². The van der Waals surface area contributed by atoms with E-state index in [1.807, 2.05) is 6.92 Å². The molecule has 0 spiro atoms. The van der Waals surface area contributed by atoms with Gasteiger partial charge in [0.05, 0.1) is 11.0 Å². The Bertz CT molecular complexity index is 599. The number of H-pyrrole nitrogens is 1. The van der Waals surface area contributed by atoms with Gasteiger partial charge in [-0.05, 0) is 25.6 Å². The molecule has 8 nitrogen and oxygen atoms in total. The van der Waals surface area contributed by atoms with Crippen molar-refractivity contribution in [1.82, 2.24) is 20.2 Å². The first-order valence-corrected chi connectivity index (χ1v) is 6.37. The van der Waals surface area contributed by atoms with Crippen LogP contribution < -0.4 is 5.32 Å². The first-order valence-electron chi connectivity index (χ1n) is 5.55. The van der Waals surface area contributed by atoms with E-state index in [1.165, 1.54) is 23.9 Å². The highest BCUT2D eigenvalue weighted by atomic mass is 32.2. The largest absolute Gasteiger partial charge is 0.370 e. The second-order valence-electron chi connectivity index (χ2n) is 3.64. The van der Waals surface area contributed by atoms with Crippen LogP contribution in [0.3, 0.4) is 0 Å². The number of nitrogens with zero attached hydrogens (tertiary/aromatic N) is 4. The van der Waals surface area contributed by atoms with E-state index in [4.69, 9.17) is 0 Å². The zero-order valence-corrected chi connectivity index (χ0v) is 11.2. The molecule has 0 saturated carbocycles. The van der Waals surface area contributed by atoms with Crippen molar-refractivity contribution in [2.45, 2.75) is 24.0 Å². The maximum absolute atomic E-state index is 10.9. The number of rotatable bonds is 5. The molecule has 2 rings (SSSR count). The van der Waals surface area contributed by atoms with Gasteiger partial charge in [-0.1, -0.05) is 0 Å². The van der Waals surface area contributed by atoms with Crippen molar-refractivity contribution in [3.8, 4) is 0 Å². The summed E-state index contributed by atoms with van der Waals surface area (Å²) < 4.78 is 0. The standard InChI is InChI=1S/C10H12N6O2S/c1-3-11-8-4-7(16(17)18)5-9(13-8)19-10-12-6(2)14-15-10/h4-5H,3H2,1-2H3,(H,11,13)(H,12,14,15). The molecule has 2 aromatic heterocycles. The summed E-state index contributed by atoms with van der Waals surface area (Å²) in [5.74, 6) is 1.14. The lowest BCUT2D eigenvalue weighted by Crippen LogP contribution is -2.01. The van der Waals surface area contributed by atoms with Crippen molar-refractivity contribution >= 4 is 23.3 Å². The molecule has 0 aliphatic carbocycles. The zero-order chi connectivity index (χ0) is 13.8. The molecular formula is C10H12N6O2S. The molecule has 2 N–H and O–H groups in total. The minimum atomic E-state index is -0.449. The highest BCUT2D eigenvalue weighted by molar-refractivity contribution is 7.99. The zero-order valence-electron chi connectivity index (χ0n) is 10.4. The van der Waals surface area contributed by atoms with Crippen LogP contribution in [0.4, 0.5) is 11.5 Å². The van der Waals surface area contributed by atoms with Gasteiger partial charge in [-0.3, -0.25) is 15.2 Å². The summed E-state index contributed by atoms with van der Waals surface area (Å²) in [5, 5.41) is 21.4. The van der Waals surface area contributed by atoms with Crippen molar-refractivity contribution in [3.63, 3.8) is 0 Å². The lowest BCUT2D eigenvalue weighted by Gasteiger charge is -2.04. The summed E-state index contributed by atoms with van der Waals surface area (Å²) in [6.07, 6.45) is 0. The third-order valence-corrected chi connectivity index (χ3v) is 2.91. The lowest BCUT2D eigenvalue weighted by atomic mass is 10.4. The predicted octanol–water partition coefficient (Wildman–Crippen LogP) is 2.00. The molecule has 2 aromatic rings. The van der Waals surface area contributed by atoms with Crippen LogP contribution in [0.2, 0.25) is 0 Å². The molecule has 0 unspecified atom stereocenters. The molecule has 0 atom stereocenters. The number of aromatic amines is 1. The number of aryl methyl sites for hydroxylation is 1. The highest BCUT2D eigenvalue weighted by Gasteiger charge is 2.13. The van der Waals surface area contributed by atoms with E-state index >= 15 is 0 Å². The van der Waals surface area contributed by atoms with Gasteiger partial charge in [-0.2, -0.15) is 0 Å². The number of pyridine rings is 1. The molecule has 9 heteroatoms. The Morgan fingerprint density at radius 1 is 1.47 bits per heavy atom. The van der Waals surface area contributed by atoms with Crippen LogP contribution in [-0.4, -0.2) is 31.6 Å². The lowest BCUT2D eigenvalue weighted by molar-refractivity contribution is -0.385. The molecule has 0 aromatic carbocycles. The molecule has 0 amide bonds. The number of nitro groups is 1. The first-order chi connectivity index (χ1) is 9.08. The predicted molar refractivity (Wildman–Crippen MR) is 70.3 cm³/mol. The monoisotopic (exact) mass is 280 g/mol. The Morgan fingerprint density at radius 3 is 2.84 bits per heavy atom. The third-order valence-electron chi connectivity index (χ3n) is 2.13. The maximum Gasteiger partial charge on any atom is 0.275 e. The average molecular weight is 280 g/mol. The minimum Gasteiger partial charge on any atom is -0.370 e. The summed E-state index contributed by atoms with van der Waals surface area (Å²) in [6.45, 7) is 4.31. The summed E-state index contributed by atoms with van der Waals surface area (Å²) in [6, 6.07) is 2.80. The van der Waals surface area contributed by atoms with Crippen molar-refractivity contribution in [3.05, 3.63) is 28.1 Å². The molecule has 100 valence electrons.